The minimum Gasteiger partial charge on any atom is -0.564 e. The summed E-state index contributed by atoms with van der Waals surface area (Å²) in [5, 5.41) is 21.1. The highest BCUT2D eigenvalue weighted by molar-refractivity contribution is 6.74. The molecule has 1 saturated heterocycles. The molecule has 4 heterocycles. The van der Waals surface area contributed by atoms with Crippen LogP contribution in [0.4, 0.5) is 17.3 Å². The van der Waals surface area contributed by atoms with E-state index in [-0.39, 0.29) is 16.4 Å². The lowest BCUT2D eigenvalue weighted by Crippen LogP contribution is -2.45. The van der Waals surface area contributed by atoms with Crippen molar-refractivity contribution in [3.05, 3.63) is 47.4 Å². The summed E-state index contributed by atoms with van der Waals surface area (Å²) in [5.74, 6) is 0.303. The van der Waals surface area contributed by atoms with Gasteiger partial charge in [0.25, 0.3) is 5.91 Å². The van der Waals surface area contributed by atoms with Crippen LogP contribution in [0, 0.1) is 11.3 Å². The fourth-order valence-corrected chi connectivity index (χ4v) is 6.27. The Labute approximate surface area is 243 Å². The minimum atomic E-state index is -1.96. The lowest BCUT2D eigenvalue weighted by molar-refractivity contribution is 0.0783. The van der Waals surface area contributed by atoms with Crippen molar-refractivity contribution in [1.82, 2.24) is 24.6 Å². The second-order valence-electron chi connectivity index (χ2n) is 12.9. The fourth-order valence-electron chi connectivity index (χ4n) is 5.16. The van der Waals surface area contributed by atoms with E-state index in [1.165, 1.54) is 0 Å². The standard InChI is InChI=1S/C30H40N8O2Si/c1-29(2,3)41(6,7)40-19-30(4)18-33-25-21(16-31)14-20(15-22(25)30)23-10-11-32-28(35-23)36-24-17-34-37(5)26(24)27(39)38-12-8-9-13-38/h10-11,14-15,17,33H,8-9,12-13,18-19H2,1-7H3,(H,32,35,36)/q-1/t30-/m1/s1. The number of aromatic nitrogens is 4. The highest BCUT2D eigenvalue weighted by atomic mass is 28.4. The molecule has 0 spiro atoms. The van der Waals surface area contributed by atoms with Crippen LogP contribution < -0.4 is 10.6 Å². The van der Waals surface area contributed by atoms with Crippen molar-refractivity contribution in [3.63, 3.8) is 0 Å². The second-order valence-corrected chi connectivity index (χ2v) is 17.8. The smallest absolute Gasteiger partial charge is 0.274 e. The third-order valence-corrected chi connectivity index (χ3v) is 13.3. The molecule has 5 rings (SSSR count). The predicted molar refractivity (Wildman–Crippen MR) is 163 cm³/mol. The summed E-state index contributed by atoms with van der Waals surface area (Å²) in [6.45, 7) is 16.2. The number of aryl methyl sites for hydroxylation is 1. The lowest BCUT2D eigenvalue weighted by Gasteiger charge is -2.50. The molecule has 1 atom stereocenters. The van der Waals surface area contributed by atoms with Crippen LogP contribution in [0.1, 0.15) is 62.2 Å². The van der Waals surface area contributed by atoms with E-state index in [0.717, 1.165) is 42.7 Å². The molecule has 1 amide bonds. The predicted octanol–water partition coefficient (Wildman–Crippen LogP) is 5.43. The summed E-state index contributed by atoms with van der Waals surface area (Å²) < 4.78 is 8.24. The van der Waals surface area contributed by atoms with Gasteiger partial charge in [-0.25, -0.2) is 9.97 Å². The molecule has 3 aromatic rings. The topological polar surface area (TPSA) is 121 Å². The number of amides is 1. The maximum Gasteiger partial charge on any atom is 0.274 e. The van der Waals surface area contributed by atoms with Crippen LogP contribution in [0.5, 0.6) is 0 Å². The van der Waals surface area contributed by atoms with Gasteiger partial charge in [-0.05, 0) is 44.9 Å². The molecule has 1 fully saturated rings. The summed E-state index contributed by atoms with van der Waals surface area (Å²) in [6, 6.07) is 8.18. The Hall–Kier alpha value is -3.75. The van der Waals surface area contributed by atoms with Gasteiger partial charge in [0.2, 0.25) is 5.95 Å². The van der Waals surface area contributed by atoms with Crippen molar-refractivity contribution < 1.29 is 9.22 Å². The van der Waals surface area contributed by atoms with Gasteiger partial charge in [-0.3, -0.25) is 9.48 Å². The van der Waals surface area contributed by atoms with Crippen LogP contribution in [0.2, 0.25) is 18.1 Å². The van der Waals surface area contributed by atoms with Gasteiger partial charge in [-0.1, -0.05) is 27.7 Å². The second kappa shape index (κ2) is 10.6. The molecule has 0 unspecified atom stereocenters. The summed E-state index contributed by atoms with van der Waals surface area (Å²) in [6.07, 6.45) is 5.34. The molecular weight excluding hydrogens is 532 g/mol. The van der Waals surface area contributed by atoms with Gasteiger partial charge < -0.3 is 20.0 Å². The summed E-state index contributed by atoms with van der Waals surface area (Å²) in [5.41, 5.74) is 4.76. The van der Waals surface area contributed by atoms with E-state index < -0.39 is 8.32 Å². The first-order valence-electron chi connectivity index (χ1n) is 14.2. The van der Waals surface area contributed by atoms with Crippen LogP contribution in [0.25, 0.3) is 11.3 Å². The quantitative estimate of drug-likeness (QED) is 0.360. The highest BCUT2D eigenvalue weighted by Gasteiger charge is 2.38. The van der Waals surface area contributed by atoms with E-state index in [1.54, 1.807) is 24.1 Å². The first kappa shape index (κ1) is 28.8. The number of hydrogen-bond acceptors (Lipinski definition) is 8. The molecular formula is C30H40N8O2Si-. The average Bonchev–Trinajstić information content (AvgIpc) is 3.67. The average molecular weight is 573 g/mol. The zero-order chi connectivity index (χ0) is 29.6. The number of nitrogens with zero attached hydrogens (tertiary/aromatic N) is 6. The van der Waals surface area contributed by atoms with Crippen LogP contribution in [-0.2, 0) is 16.9 Å². The van der Waals surface area contributed by atoms with Gasteiger partial charge in [-0.15, -0.1) is 18.1 Å². The number of hydrogen-bond donors (Lipinski definition) is 2. The molecule has 11 heteroatoms. The Morgan fingerprint density at radius 1 is 1.27 bits per heavy atom. The molecule has 2 aliphatic heterocycles. The van der Waals surface area contributed by atoms with Crippen molar-refractivity contribution in [2.24, 2.45) is 7.05 Å². The Balaban J connectivity index is 1.44. The number of benzene rings is 1. The SMILES string of the molecule is Cn1ncc(Nc2nccc(-c3cc(C#N)c4c(c3)[C@@](C)(CO[Si-](C)(C)C(C)(C)C)CN4)n2)c1C(=O)N1CCCC1. The zero-order valence-electron chi connectivity index (χ0n) is 25.1. The molecule has 2 N–H and O–H groups in total. The number of likely N-dealkylation sites (tertiary alicyclic amines) is 1. The van der Waals surface area contributed by atoms with Gasteiger partial charge in [-0.2, -0.15) is 10.4 Å². The Morgan fingerprint density at radius 2 is 2.00 bits per heavy atom. The molecule has 2 aliphatic rings. The Morgan fingerprint density at radius 3 is 2.68 bits per heavy atom. The van der Waals surface area contributed by atoms with E-state index in [0.29, 0.717) is 41.7 Å². The normalized spacial score (nSPS) is 18.6. The largest absolute Gasteiger partial charge is 0.564 e. The highest BCUT2D eigenvalue weighted by Crippen LogP contribution is 2.44. The minimum absolute atomic E-state index is 0.0508. The molecule has 2 aromatic heterocycles. The van der Waals surface area contributed by atoms with Crippen LogP contribution in [0.3, 0.4) is 0 Å². The van der Waals surface area contributed by atoms with Crippen molar-refractivity contribution >= 4 is 31.5 Å². The molecule has 0 bridgehead atoms. The van der Waals surface area contributed by atoms with Crippen molar-refractivity contribution in [2.75, 3.05) is 36.9 Å². The maximum atomic E-state index is 13.2. The van der Waals surface area contributed by atoms with E-state index in [4.69, 9.17) is 9.41 Å². The molecule has 1 aromatic carbocycles. The van der Waals surface area contributed by atoms with Crippen LogP contribution >= 0.6 is 0 Å². The summed E-state index contributed by atoms with van der Waals surface area (Å²) >= 11 is 0. The molecule has 0 aliphatic carbocycles. The number of anilines is 3. The number of fused-ring (bicyclic) bond motifs is 1. The fraction of sp³-hybridized carbons (Fsp3) is 0.500. The zero-order valence-corrected chi connectivity index (χ0v) is 26.1. The van der Waals surface area contributed by atoms with Gasteiger partial charge >= 0.3 is 0 Å². The number of nitriles is 1. The summed E-state index contributed by atoms with van der Waals surface area (Å²) in [4.78, 5) is 24.2. The van der Waals surface area contributed by atoms with E-state index in [1.807, 2.05) is 17.0 Å². The first-order valence-corrected chi connectivity index (χ1v) is 17.1. The molecule has 217 valence electrons. The maximum absolute atomic E-state index is 13.2. The summed E-state index contributed by atoms with van der Waals surface area (Å²) in [7, 11) is -0.197. The first-order chi connectivity index (χ1) is 19.3. The Kier molecular flexibility index (Phi) is 7.42. The molecule has 10 nitrogen and oxygen atoms in total. The third-order valence-electron chi connectivity index (χ3n) is 8.85. The van der Waals surface area contributed by atoms with Crippen LogP contribution in [0.15, 0.2) is 30.6 Å². The van der Waals surface area contributed by atoms with Gasteiger partial charge in [0.1, 0.15) is 11.8 Å². The molecule has 0 saturated carbocycles. The van der Waals surface area contributed by atoms with Crippen molar-refractivity contribution in [3.8, 4) is 17.3 Å². The number of rotatable bonds is 7. The van der Waals surface area contributed by atoms with E-state index >= 15 is 0 Å². The van der Waals surface area contributed by atoms with E-state index in [2.05, 4.69) is 73.6 Å². The van der Waals surface area contributed by atoms with Gasteiger partial charge in [0, 0.05) is 50.5 Å². The molecule has 0 radical (unpaired) electrons. The number of carbonyl (C=O) groups excluding carboxylic acids is 1. The Bertz CT molecular complexity index is 1510. The van der Waals surface area contributed by atoms with Gasteiger partial charge in [0.05, 0.1) is 28.8 Å². The lowest BCUT2D eigenvalue weighted by atomic mass is 9.83. The van der Waals surface area contributed by atoms with Crippen molar-refractivity contribution in [2.45, 2.75) is 64.1 Å². The van der Waals surface area contributed by atoms with Gasteiger partial charge in [0.15, 0.2) is 0 Å². The van der Waals surface area contributed by atoms with E-state index in [9.17, 15) is 10.1 Å². The van der Waals surface area contributed by atoms with Crippen LogP contribution in [-0.4, -0.2) is 65.1 Å². The molecule has 41 heavy (non-hydrogen) atoms. The van der Waals surface area contributed by atoms with Crippen molar-refractivity contribution in [1.29, 1.82) is 5.26 Å². The number of carbonyl (C=O) groups is 1. The third kappa shape index (κ3) is 5.46. The number of nitrogens with one attached hydrogen (secondary N) is 2. The monoisotopic (exact) mass is 572 g/mol.